The molecule has 0 saturated carbocycles. The first-order chi connectivity index (χ1) is 10.2. The lowest BCUT2D eigenvalue weighted by Crippen LogP contribution is -2.45. The van der Waals surface area contributed by atoms with Crippen LogP contribution in [0.5, 0.6) is 0 Å². The molecule has 3 rings (SSSR count). The number of rotatable bonds is 4. The first kappa shape index (κ1) is 14.2. The Kier molecular flexibility index (Phi) is 4.31. The Morgan fingerprint density at radius 3 is 2.43 bits per heavy atom. The van der Waals surface area contributed by atoms with Crippen molar-refractivity contribution in [3.8, 4) is 0 Å². The van der Waals surface area contributed by atoms with Gasteiger partial charge in [-0.25, -0.2) is 4.39 Å². The molecule has 5 heteroatoms. The van der Waals surface area contributed by atoms with E-state index in [9.17, 15) is 4.39 Å². The number of nitrogens with zero attached hydrogens (tertiary/aromatic N) is 3. The summed E-state index contributed by atoms with van der Waals surface area (Å²) in [6.45, 7) is 7.83. The number of hydrogen-bond donors (Lipinski definition) is 1. The second-order valence-electron chi connectivity index (χ2n) is 5.72. The highest BCUT2D eigenvalue weighted by molar-refractivity contribution is 5.16. The van der Waals surface area contributed by atoms with Gasteiger partial charge in [-0.15, -0.1) is 0 Å². The van der Waals surface area contributed by atoms with Crippen molar-refractivity contribution in [1.82, 2.24) is 20.0 Å². The van der Waals surface area contributed by atoms with Crippen LogP contribution >= 0.6 is 0 Å². The summed E-state index contributed by atoms with van der Waals surface area (Å²) in [5.74, 6) is -0.153. The molecule has 0 atom stereocenters. The Balaban J connectivity index is 1.48. The predicted octanol–water partition coefficient (Wildman–Crippen LogP) is 2.18. The summed E-state index contributed by atoms with van der Waals surface area (Å²) < 4.78 is 13.2. The van der Waals surface area contributed by atoms with E-state index < -0.39 is 0 Å². The lowest BCUT2D eigenvalue weighted by Gasteiger charge is -2.34. The molecule has 112 valence electrons. The quantitative estimate of drug-likeness (QED) is 0.936. The zero-order valence-corrected chi connectivity index (χ0v) is 12.3. The standard InChI is InChI=1S/C16H21FN4/c1-13-9-16(19-18-13)12-21-7-5-20(6-8-21)11-14-3-2-4-15(17)10-14/h2-4,9-10H,5-8,11-12H2,1H3,(H,18,19). The van der Waals surface area contributed by atoms with Crippen LogP contribution in [0.15, 0.2) is 30.3 Å². The van der Waals surface area contributed by atoms with Crippen molar-refractivity contribution in [1.29, 1.82) is 0 Å². The summed E-state index contributed by atoms with van der Waals surface area (Å²) in [5, 5.41) is 7.27. The number of aromatic nitrogens is 2. The van der Waals surface area contributed by atoms with Gasteiger partial charge in [0, 0.05) is 45.0 Å². The van der Waals surface area contributed by atoms with E-state index in [4.69, 9.17) is 0 Å². The Morgan fingerprint density at radius 2 is 1.81 bits per heavy atom. The van der Waals surface area contributed by atoms with Crippen molar-refractivity contribution in [3.63, 3.8) is 0 Å². The van der Waals surface area contributed by atoms with Gasteiger partial charge in [0.2, 0.25) is 0 Å². The van der Waals surface area contributed by atoms with E-state index in [1.807, 2.05) is 13.0 Å². The zero-order chi connectivity index (χ0) is 14.7. The van der Waals surface area contributed by atoms with Gasteiger partial charge < -0.3 is 0 Å². The van der Waals surface area contributed by atoms with Crippen LogP contribution in [-0.4, -0.2) is 46.2 Å². The molecule has 21 heavy (non-hydrogen) atoms. The van der Waals surface area contributed by atoms with Gasteiger partial charge >= 0.3 is 0 Å². The molecule has 1 fully saturated rings. The van der Waals surface area contributed by atoms with E-state index >= 15 is 0 Å². The molecule has 1 aromatic heterocycles. The summed E-state index contributed by atoms with van der Waals surface area (Å²) >= 11 is 0. The molecule has 0 unspecified atom stereocenters. The highest BCUT2D eigenvalue weighted by Gasteiger charge is 2.17. The van der Waals surface area contributed by atoms with Gasteiger partial charge in [0.05, 0.1) is 5.69 Å². The van der Waals surface area contributed by atoms with Gasteiger partial charge in [-0.3, -0.25) is 14.9 Å². The molecule has 2 aromatic rings. The highest BCUT2D eigenvalue weighted by Crippen LogP contribution is 2.12. The normalized spacial score (nSPS) is 17.2. The number of aromatic amines is 1. The molecule has 0 spiro atoms. The van der Waals surface area contributed by atoms with Gasteiger partial charge in [-0.2, -0.15) is 5.10 Å². The summed E-state index contributed by atoms with van der Waals surface area (Å²) in [5.41, 5.74) is 3.26. The molecular weight excluding hydrogens is 267 g/mol. The number of aryl methyl sites for hydroxylation is 1. The smallest absolute Gasteiger partial charge is 0.123 e. The van der Waals surface area contributed by atoms with E-state index in [1.54, 1.807) is 12.1 Å². The minimum absolute atomic E-state index is 0.153. The fourth-order valence-electron chi connectivity index (χ4n) is 2.78. The van der Waals surface area contributed by atoms with Gasteiger partial charge in [0.25, 0.3) is 0 Å². The molecular formula is C16H21FN4. The van der Waals surface area contributed by atoms with Crippen molar-refractivity contribution in [2.45, 2.75) is 20.0 Å². The van der Waals surface area contributed by atoms with Crippen molar-refractivity contribution in [2.24, 2.45) is 0 Å². The van der Waals surface area contributed by atoms with E-state index in [0.717, 1.165) is 56.2 Å². The van der Waals surface area contributed by atoms with Crippen LogP contribution in [0.25, 0.3) is 0 Å². The maximum Gasteiger partial charge on any atom is 0.123 e. The topological polar surface area (TPSA) is 35.2 Å². The molecule has 1 aliphatic heterocycles. The van der Waals surface area contributed by atoms with E-state index in [2.05, 4.69) is 26.1 Å². The third kappa shape index (κ3) is 3.89. The Bertz CT molecular complexity index is 587. The van der Waals surface area contributed by atoms with Gasteiger partial charge in [-0.05, 0) is 30.7 Å². The van der Waals surface area contributed by atoms with Gasteiger partial charge in [-0.1, -0.05) is 12.1 Å². The van der Waals surface area contributed by atoms with Crippen LogP contribution in [0.1, 0.15) is 17.0 Å². The maximum absolute atomic E-state index is 13.2. The van der Waals surface area contributed by atoms with Crippen molar-refractivity contribution < 1.29 is 4.39 Å². The minimum atomic E-state index is -0.153. The minimum Gasteiger partial charge on any atom is -0.297 e. The molecule has 1 saturated heterocycles. The maximum atomic E-state index is 13.2. The average Bonchev–Trinajstić information content (AvgIpc) is 2.86. The third-order valence-corrected chi connectivity index (χ3v) is 3.90. The Morgan fingerprint density at radius 1 is 1.10 bits per heavy atom. The number of piperazine rings is 1. The summed E-state index contributed by atoms with van der Waals surface area (Å²) in [4.78, 5) is 4.79. The fourth-order valence-corrected chi connectivity index (χ4v) is 2.78. The lowest BCUT2D eigenvalue weighted by atomic mass is 10.2. The summed E-state index contributed by atoms with van der Waals surface area (Å²) in [6.07, 6.45) is 0. The molecule has 1 aromatic carbocycles. The first-order valence-electron chi connectivity index (χ1n) is 7.39. The monoisotopic (exact) mass is 288 g/mol. The molecule has 0 bridgehead atoms. The number of nitrogens with one attached hydrogen (secondary N) is 1. The van der Waals surface area contributed by atoms with E-state index in [0.29, 0.717) is 0 Å². The number of benzene rings is 1. The molecule has 1 N–H and O–H groups in total. The van der Waals surface area contributed by atoms with Gasteiger partial charge in [0.1, 0.15) is 5.82 Å². The van der Waals surface area contributed by atoms with Crippen LogP contribution in [0.3, 0.4) is 0 Å². The molecule has 4 nitrogen and oxygen atoms in total. The van der Waals surface area contributed by atoms with E-state index in [-0.39, 0.29) is 5.82 Å². The first-order valence-corrected chi connectivity index (χ1v) is 7.39. The highest BCUT2D eigenvalue weighted by atomic mass is 19.1. The number of H-pyrrole nitrogens is 1. The van der Waals surface area contributed by atoms with Crippen LogP contribution in [-0.2, 0) is 13.1 Å². The van der Waals surface area contributed by atoms with Crippen LogP contribution in [0.2, 0.25) is 0 Å². The molecule has 0 radical (unpaired) electrons. The number of hydrogen-bond acceptors (Lipinski definition) is 3. The van der Waals surface area contributed by atoms with Crippen LogP contribution in [0, 0.1) is 12.7 Å². The SMILES string of the molecule is Cc1cc(CN2CCN(Cc3cccc(F)c3)CC2)n[nH]1. The van der Waals surface area contributed by atoms with Gasteiger partial charge in [0.15, 0.2) is 0 Å². The molecule has 1 aliphatic rings. The third-order valence-electron chi connectivity index (χ3n) is 3.90. The number of halogens is 1. The van der Waals surface area contributed by atoms with Crippen LogP contribution in [0.4, 0.5) is 4.39 Å². The second kappa shape index (κ2) is 6.37. The van der Waals surface area contributed by atoms with E-state index in [1.165, 1.54) is 6.07 Å². The fraction of sp³-hybridized carbons (Fsp3) is 0.438. The van der Waals surface area contributed by atoms with Crippen molar-refractivity contribution in [3.05, 3.63) is 53.1 Å². The Labute approximate surface area is 124 Å². The summed E-state index contributed by atoms with van der Waals surface area (Å²) in [7, 11) is 0. The van der Waals surface area contributed by atoms with Crippen molar-refractivity contribution >= 4 is 0 Å². The van der Waals surface area contributed by atoms with Crippen LogP contribution < -0.4 is 0 Å². The molecule has 0 aliphatic carbocycles. The Hall–Kier alpha value is -1.72. The largest absolute Gasteiger partial charge is 0.297 e. The molecule has 2 heterocycles. The molecule has 0 amide bonds. The average molecular weight is 288 g/mol. The predicted molar refractivity (Wildman–Crippen MR) is 80.3 cm³/mol. The summed E-state index contributed by atoms with van der Waals surface area (Å²) in [6, 6.07) is 8.98. The second-order valence-corrected chi connectivity index (χ2v) is 5.72. The van der Waals surface area contributed by atoms with Crippen molar-refractivity contribution in [2.75, 3.05) is 26.2 Å². The lowest BCUT2D eigenvalue weighted by molar-refractivity contribution is 0.121. The zero-order valence-electron chi connectivity index (χ0n) is 12.3.